The molecule has 0 aliphatic heterocycles. The molecule has 0 heterocycles. The maximum atomic E-state index is 5.28. The van der Waals surface area contributed by atoms with Gasteiger partial charge in [0.2, 0.25) is 0 Å². The Labute approximate surface area is 186 Å². The summed E-state index contributed by atoms with van der Waals surface area (Å²) in [5.41, 5.74) is 0. The van der Waals surface area contributed by atoms with Gasteiger partial charge in [-0.3, -0.25) is 0 Å². The van der Waals surface area contributed by atoms with Gasteiger partial charge in [0, 0.05) is 6.42 Å². The van der Waals surface area contributed by atoms with Crippen LogP contribution in [0.15, 0.2) is 0 Å². The van der Waals surface area contributed by atoms with Crippen LogP contribution in [0.2, 0.25) is 0 Å². The highest BCUT2D eigenvalue weighted by Gasteiger charge is 1.96. The third kappa shape index (κ3) is 27.6. The Balaban J connectivity index is 2.98. The minimum atomic E-state index is 0.972. The lowest BCUT2D eigenvalue weighted by Gasteiger charge is -2.04. The normalized spacial score (nSPS) is 11.0. The molecule has 0 rings (SSSR count). The van der Waals surface area contributed by atoms with Crippen molar-refractivity contribution < 1.29 is 0 Å². The molecule has 0 radical (unpaired) electrons. The molecule has 0 amide bonds. The molecule has 0 aromatic rings. The van der Waals surface area contributed by atoms with Crippen LogP contribution in [0, 0.1) is 12.3 Å². The highest BCUT2D eigenvalue weighted by atomic mass is 14.0. The zero-order valence-corrected chi connectivity index (χ0v) is 20.5. The van der Waals surface area contributed by atoms with Gasteiger partial charge in [-0.05, 0) is 6.42 Å². The van der Waals surface area contributed by atoms with Crippen LogP contribution in [0.25, 0.3) is 0 Å². The van der Waals surface area contributed by atoms with E-state index in [1.807, 2.05) is 0 Å². The van der Waals surface area contributed by atoms with Gasteiger partial charge < -0.3 is 0 Å². The zero-order chi connectivity index (χ0) is 21.1. The largest absolute Gasteiger partial charge is 0.120 e. The van der Waals surface area contributed by atoms with Crippen molar-refractivity contribution in [1.29, 1.82) is 0 Å². The molecule has 172 valence electrons. The van der Waals surface area contributed by atoms with E-state index in [2.05, 4.69) is 12.8 Å². The fourth-order valence-corrected chi connectivity index (χ4v) is 4.37. The lowest BCUT2D eigenvalue weighted by molar-refractivity contribution is 0.516. The Hall–Kier alpha value is -0.440. The Morgan fingerprint density at radius 1 is 0.345 bits per heavy atom. The first-order chi connectivity index (χ1) is 14.4. The Morgan fingerprint density at radius 3 is 0.759 bits per heavy atom. The third-order valence-electron chi connectivity index (χ3n) is 6.42. The predicted molar refractivity (Wildman–Crippen MR) is 135 cm³/mol. The fraction of sp³-hybridized carbons (Fsp3) is 0.931. The average molecular weight is 405 g/mol. The Bertz CT molecular complexity index is 310. The second kappa shape index (κ2) is 27.6. The maximum Gasteiger partial charge on any atom is 0.00860 e. The van der Waals surface area contributed by atoms with Crippen LogP contribution in [0.4, 0.5) is 0 Å². The average Bonchev–Trinajstić information content (AvgIpc) is 2.74. The van der Waals surface area contributed by atoms with E-state index in [-0.39, 0.29) is 0 Å². The summed E-state index contributed by atoms with van der Waals surface area (Å²) in [5, 5.41) is 0. The molecule has 0 aliphatic rings. The standard InChI is InChI=1S/C29H56/c1-3-5-7-9-11-13-15-17-19-21-23-25-27-29-28-26-24-22-20-18-16-14-12-10-8-6-4-2/h1H,4-29H2,2H3. The first-order valence-electron chi connectivity index (χ1n) is 13.8. The molecule has 0 aliphatic carbocycles. The number of hydrogen-bond acceptors (Lipinski definition) is 0. The highest BCUT2D eigenvalue weighted by Crippen LogP contribution is 2.15. The summed E-state index contributed by atoms with van der Waals surface area (Å²) in [4.78, 5) is 0. The summed E-state index contributed by atoms with van der Waals surface area (Å²) < 4.78 is 0. The maximum absolute atomic E-state index is 5.28. The predicted octanol–water partition coefficient (Wildman–Crippen LogP) is 10.8. The summed E-state index contributed by atoms with van der Waals surface area (Å²) in [6.07, 6.45) is 42.5. The van der Waals surface area contributed by atoms with E-state index >= 15 is 0 Å². The number of hydrogen-bond donors (Lipinski definition) is 0. The van der Waals surface area contributed by atoms with Crippen molar-refractivity contribution in [1.82, 2.24) is 0 Å². The van der Waals surface area contributed by atoms with E-state index < -0.39 is 0 Å². The smallest absolute Gasteiger partial charge is 0.00860 e. The lowest BCUT2D eigenvalue weighted by Crippen LogP contribution is -1.84. The molecule has 0 atom stereocenters. The Morgan fingerprint density at radius 2 is 0.552 bits per heavy atom. The highest BCUT2D eigenvalue weighted by molar-refractivity contribution is 4.82. The van der Waals surface area contributed by atoms with E-state index in [0.29, 0.717) is 0 Å². The molecular weight excluding hydrogens is 348 g/mol. The quantitative estimate of drug-likeness (QED) is 0.105. The first kappa shape index (κ1) is 28.6. The SMILES string of the molecule is C#CCCCCCCCCCCCCCCCCCCCCCCCCCCC. The fourth-order valence-electron chi connectivity index (χ4n) is 4.37. The van der Waals surface area contributed by atoms with Gasteiger partial charge in [0.15, 0.2) is 0 Å². The molecule has 29 heavy (non-hydrogen) atoms. The van der Waals surface area contributed by atoms with Gasteiger partial charge in [0.1, 0.15) is 0 Å². The van der Waals surface area contributed by atoms with Crippen molar-refractivity contribution in [3.63, 3.8) is 0 Å². The van der Waals surface area contributed by atoms with Crippen molar-refractivity contribution in [2.75, 3.05) is 0 Å². The monoisotopic (exact) mass is 404 g/mol. The number of rotatable bonds is 25. The molecule has 0 heteroatoms. The third-order valence-corrected chi connectivity index (χ3v) is 6.42. The second-order valence-electron chi connectivity index (χ2n) is 9.44. The molecule has 0 saturated carbocycles. The lowest BCUT2D eigenvalue weighted by atomic mass is 10.0. The first-order valence-corrected chi connectivity index (χ1v) is 13.8. The zero-order valence-electron chi connectivity index (χ0n) is 20.5. The molecule has 0 N–H and O–H groups in total. The van der Waals surface area contributed by atoms with Gasteiger partial charge in [0.05, 0.1) is 0 Å². The van der Waals surface area contributed by atoms with Crippen LogP contribution in [-0.4, -0.2) is 0 Å². The molecule has 0 saturated heterocycles. The molecule has 0 unspecified atom stereocenters. The van der Waals surface area contributed by atoms with Crippen molar-refractivity contribution in [2.24, 2.45) is 0 Å². The van der Waals surface area contributed by atoms with Crippen LogP contribution in [0.1, 0.15) is 174 Å². The number of unbranched alkanes of at least 4 members (excludes halogenated alkanes) is 25. The summed E-state index contributed by atoms with van der Waals surface area (Å²) in [7, 11) is 0. The van der Waals surface area contributed by atoms with Crippen molar-refractivity contribution >= 4 is 0 Å². The van der Waals surface area contributed by atoms with E-state index in [1.54, 1.807) is 0 Å². The minimum absolute atomic E-state index is 0.972. The molecule has 0 bridgehead atoms. The number of terminal acetylenes is 1. The van der Waals surface area contributed by atoms with Gasteiger partial charge >= 0.3 is 0 Å². The van der Waals surface area contributed by atoms with E-state index in [1.165, 1.54) is 161 Å². The van der Waals surface area contributed by atoms with Gasteiger partial charge in [-0.25, -0.2) is 0 Å². The molecule has 0 nitrogen and oxygen atoms in total. The van der Waals surface area contributed by atoms with Crippen LogP contribution in [0.5, 0.6) is 0 Å². The summed E-state index contributed by atoms with van der Waals surface area (Å²) in [5.74, 6) is 2.73. The second-order valence-corrected chi connectivity index (χ2v) is 9.44. The van der Waals surface area contributed by atoms with Crippen molar-refractivity contribution in [2.45, 2.75) is 174 Å². The van der Waals surface area contributed by atoms with E-state index in [4.69, 9.17) is 6.42 Å². The van der Waals surface area contributed by atoms with Gasteiger partial charge in [-0.15, -0.1) is 12.3 Å². The van der Waals surface area contributed by atoms with Gasteiger partial charge in [-0.1, -0.05) is 161 Å². The van der Waals surface area contributed by atoms with Crippen LogP contribution < -0.4 is 0 Å². The summed E-state index contributed by atoms with van der Waals surface area (Å²) in [6.45, 7) is 2.30. The topological polar surface area (TPSA) is 0 Å². The van der Waals surface area contributed by atoms with Crippen LogP contribution in [0.3, 0.4) is 0 Å². The molecule has 0 spiro atoms. The minimum Gasteiger partial charge on any atom is -0.120 e. The van der Waals surface area contributed by atoms with E-state index in [0.717, 1.165) is 6.42 Å². The van der Waals surface area contributed by atoms with Gasteiger partial charge in [-0.2, -0.15) is 0 Å². The van der Waals surface area contributed by atoms with Crippen LogP contribution in [-0.2, 0) is 0 Å². The molecule has 0 aromatic heterocycles. The van der Waals surface area contributed by atoms with Crippen molar-refractivity contribution in [3.8, 4) is 12.3 Å². The van der Waals surface area contributed by atoms with Crippen LogP contribution >= 0.6 is 0 Å². The molecule has 0 aromatic carbocycles. The summed E-state index contributed by atoms with van der Waals surface area (Å²) >= 11 is 0. The summed E-state index contributed by atoms with van der Waals surface area (Å²) in [6, 6.07) is 0. The van der Waals surface area contributed by atoms with Gasteiger partial charge in [0.25, 0.3) is 0 Å². The Kier molecular flexibility index (Phi) is 27.1. The van der Waals surface area contributed by atoms with Crippen molar-refractivity contribution in [3.05, 3.63) is 0 Å². The molecule has 0 fully saturated rings. The van der Waals surface area contributed by atoms with E-state index in [9.17, 15) is 0 Å². The molecular formula is C29H56.